The largest absolute Gasteiger partial charge is 0.353 e. The standard InChI is InChI=1S/C32H44N4O4S/c1-32(2,3)25-11-13-26(14-12-25)41(39,40)36-19-16-33-31(38)29(36)21-30(37)34-28-9-7-8-24-20-23(10-15-27(24)28)22-35-17-5-4-6-18-35/h10-15,20,28-29H,4-9,16-19,21-22H2,1-3H3,(H,33,38)(H,34,37)/t28-,29-/m1/s1. The van der Waals surface area contributed by atoms with Gasteiger partial charge in [0.25, 0.3) is 0 Å². The summed E-state index contributed by atoms with van der Waals surface area (Å²) in [5.41, 5.74) is 4.63. The fraction of sp³-hybridized carbons (Fsp3) is 0.562. The van der Waals surface area contributed by atoms with Crippen LogP contribution in [0.5, 0.6) is 0 Å². The molecule has 2 fully saturated rings. The molecule has 3 aliphatic rings. The lowest BCUT2D eigenvalue weighted by atomic mass is 9.86. The zero-order valence-electron chi connectivity index (χ0n) is 24.6. The van der Waals surface area contributed by atoms with E-state index in [1.54, 1.807) is 12.1 Å². The Bertz CT molecular complexity index is 1360. The molecule has 2 atom stereocenters. The number of amides is 2. The van der Waals surface area contributed by atoms with Crippen molar-refractivity contribution in [2.75, 3.05) is 26.2 Å². The highest BCUT2D eigenvalue weighted by Gasteiger charge is 2.40. The highest BCUT2D eigenvalue weighted by Crippen LogP contribution is 2.32. The molecule has 8 nitrogen and oxygen atoms in total. The maximum absolute atomic E-state index is 13.6. The van der Waals surface area contributed by atoms with Crippen LogP contribution in [-0.2, 0) is 38.0 Å². The molecule has 2 heterocycles. The number of piperazine rings is 1. The van der Waals surface area contributed by atoms with E-state index < -0.39 is 22.0 Å². The van der Waals surface area contributed by atoms with Gasteiger partial charge in [-0.3, -0.25) is 14.5 Å². The van der Waals surface area contributed by atoms with Crippen molar-refractivity contribution in [2.45, 2.75) is 94.7 Å². The quantitative estimate of drug-likeness (QED) is 0.515. The first-order valence-corrected chi connectivity index (χ1v) is 16.5. The van der Waals surface area contributed by atoms with Gasteiger partial charge in [-0.2, -0.15) is 4.31 Å². The van der Waals surface area contributed by atoms with Crippen LogP contribution in [0.1, 0.15) is 87.6 Å². The minimum Gasteiger partial charge on any atom is -0.353 e. The van der Waals surface area contributed by atoms with E-state index in [-0.39, 0.29) is 41.8 Å². The van der Waals surface area contributed by atoms with Gasteiger partial charge in [-0.1, -0.05) is 57.5 Å². The number of sulfonamides is 1. The van der Waals surface area contributed by atoms with Crippen molar-refractivity contribution in [1.29, 1.82) is 0 Å². The summed E-state index contributed by atoms with van der Waals surface area (Å²) >= 11 is 0. The molecule has 2 aromatic carbocycles. The van der Waals surface area contributed by atoms with Gasteiger partial charge < -0.3 is 10.6 Å². The highest BCUT2D eigenvalue weighted by molar-refractivity contribution is 7.89. The number of nitrogens with zero attached hydrogens (tertiary/aromatic N) is 2. The zero-order chi connectivity index (χ0) is 29.2. The van der Waals surface area contributed by atoms with E-state index in [0.717, 1.165) is 50.0 Å². The van der Waals surface area contributed by atoms with Crippen molar-refractivity contribution < 1.29 is 18.0 Å². The normalized spacial score (nSPS) is 22.6. The van der Waals surface area contributed by atoms with Crippen molar-refractivity contribution in [1.82, 2.24) is 19.8 Å². The highest BCUT2D eigenvalue weighted by atomic mass is 32.2. The van der Waals surface area contributed by atoms with Crippen LogP contribution in [0.4, 0.5) is 0 Å². The number of hydrogen-bond acceptors (Lipinski definition) is 5. The van der Waals surface area contributed by atoms with E-state index in [2.05, 4.69) is 54.5 Å². The Balaban J connectivity index is 1.27. The molecule has 0 spiro atoms. The lowest BCUT2D eigenvalue weighted by Gasteiger charge is -2.34. The van der Waals surface area contributed by atoms with Gasteiger partial charge >= 0.3 is 0 Å². The molecule has 222 valence electrons. The number of carbonyl (C=O) groups excluding carboxylic acids is 2. The summed E-state index contributed by atoms with van der Waals surface area (Å²) in [5, 5.41) is 5.88. The molecule has 5 rings (SSSR count). The third-order valence-corrected chi connectivity index (χ3v) is 10.6. The first-order chi connectivity index (χ1) is 19.5. The molecule has 0 saturated carbocycles. The molecule has 41 heavy (non-hydrogen) atoms. The van der Waals surface area contributed by atoms with Gasteiger partial charge in [-0.05, 0) is 85.0 Å². The van der Waals surface area contributed by atoms with Crippen LogP contribution in [0.15, 0.2) is 47.4 Å². The monoisotopic (exact) mass is 580 g/mol. The van der Waals surface area contributed by atoms with E-state index in [1.165, 1.54) is 34.7 Å². The Morgan fingerprint density at radius 3 is 2.44 bits per heavy atom. The van der Waals surface area contributed by atoms with Crippen LogP contribution >= 0.6 is 0 Å². The van der Waals surface area contributed by atoms with E-state index in [9.17, 15) is 18.0 Å². The molecule has 2 aromatic rings. The third-order valence-electron chi connectivity index (χ3n) is 8.70. The van der Waals surface area contributed by atoms with Crippen LogP contribution in [0.2, 0.25) is 0 Å². The molecule has 0 bridgehead atoms. The Hall–Kier alpha value is -2.75. The maximum atomic E-state index is 13.6. The summed E-state index contributed by atoms with van der Waals surface area (Å²) in [7, 11) is -3.96. The molecule has 0 aromatic heterocycles. The van der Waals surface area contributed by atoms with Gasteiger partial charge in [0.2, 0.25) is 21.8 Å². The Morgan fingerprint density at radius 1 is 1.00 bits per heavy atom. The minimum absolute atomic E-state index is 0.111. The second-order valence-electron chi connectivity index (χ2n) is 12.8. The summed E-state index contributed by atoms with van der Waals surface area (Å²) in [6.07, 6.45) is 6.41. The molecule has 0 radical (unpaired) electrons. The smallest absolute Gasteiger partial charge is 0.243 e. The van der Waals surface area contributed by atoms with E-state index in [0.29, 0.717) is 0 Å². The van der Waals surface area contributed by atoms with Crippen LogP contribution in [0.3, 0.4) is 0 Å². The summed E-state index contributed by atoms with van der Waals surface area (Å²) in [5.74, 6) is -0.752. The SMILES string of the molecule is CC(C)(C)c1ccc(S(=O)(=O)N2CCNC(=O)[C@H]2CC(=O)N[C@@H]2CCCc3cc(CN4CCCCC4)ccc32)cc1. The van der Waals surface area contributed by atoms with Crippen LogP contribution in [0.25, 0.3) is 0 Å². The Morgan fingerprint density at radius 2 is 1.73 bits per heavy atom. The Kier molecular flexibility index (Phi) is 8.87. The number of aryl methyl sites for hydroxylation is 1. The number of nitrogens with one attached hydrogen (secondary N) is 2. The van der Waals surface area contributed by atoms with E-state index >= 15 is 0 Å². The molecule has 2 amide bonds. The Labute approximate surface area is 244 Å². The second kappa shape index (κ2) is 12.2. The van der Waals surface area contributed by atoms with E-state index in [4.69, 9.17) is 0 Å². The van der Waals surface area contributed by atoms with Crippen molar-refractivity contribution in [3.8, 4) is 0 Å². The number of fused-ring (bicyclic) bond motifs is 1. The summed E-state index contributed by atoms with van der Waals surface area (Å²) in [6.45, 7) is 9.81. The molecule has 0 unspecified atom stereocenters. The van der Waals surface area contributed by atoms with Gasteiger partial charge in [0.15, 0.2) is 0 Å². The van der Waals surface area contributed by atoms with Crippen LogP contribution in [0, 0.1) is 0 Å². The van der Waals surface area contributed by atoms with Gasteiger partial charge in [0.05, 0.1) is 17.4 Å². The van der Waals surface area contributed by atoms with Crippen molar-refractivity contribution in [3.63, 3.8) is 0 Å². The van der Waals surface area contributed by atoms with Crippen molar-refractivity contribution >= 4 is 21.8 Å². The number of likely N-dealkylation sites (tertiary alicyclic amines) is 1. The maximum Gasteiger partial charge on any atom is 0.243 e. The average molecular weight is 581 g/mol. The molecular formula is C32H44N4O4S. The number of piperidine rings is 1. The number of hydrogen-bond donors (Lipinski definition) is 2. The van der Waals surface area contributed by atoms with E-state index in [1.807, 2.05) is 12.1 Å². The first-order valence-electron chi connectivity index (χ1n) is 15.1. The van der Waals surface area contributed by atoms with Gasteiger partial charge in [0.1, 0.15) is 6.04 Å². The topological polar surface area (TPSA) is 98.8 Å². The van der Waals surface area contributed by atoms with Crippen molar-refractivity contribution in [2.24, 2.45) is 0 Å². The molecule has 2 aliphatic heterocycles. The third kappa shape index (κ3) is 6.84. The summed E-state index contributed by atoms with van der Waals surface area (Å²) in [4.78, 5) is 28.9. The van der Waals surface area contributed by atoms with Gasteiger partial charge in [-0.25, -0.2) is 8.42 Å². The predicted octanol–water partition coefficient (Wildman–Crippen LogP) is 4.04. The van der Waals surface area contributed by atoms with Gasteiger partial charge in [0, 0.05) is 19.6 Å². The van der Waals surface area contributed by atoms with Crippen molar-refractivity contribution in [3.05, 3.63) is 64.7 Å². The van der Waals surface area contributed by atoms with Crippen LogP contribution in [-0.4, -0.2) is 61.7 Å². The number of carbonyl (C=O) groups is 2. The molecule has 2 N–H and O–H groups in total. The van der Waals surface area contributed by atoms with Gasteiger partial charge in [-0.15, -0.1) is 0 Å². The lowest BCUT2D eigenvalue weighted by molar-refractivity contribution is -0.132. The lowest BCUT2D eigenvalue weighted by Crippen LogP contribution is -2.58. The summed E-state index contributed by atoms with van der Waals surface area (Å²) < 4.78 is 28.4. The predicted molar refractivity (Wildman–Crippen MR) is 160 cm³/mol. The number of benzene rings is 2. The fourth-order valence-corrected chi connectivity index (χ4v) is 7.95. The molecule has 2 saturated heterocycles. The average Bonchev–Trinajstić information content (AvgIpc) is 2.94. The fourth-order valence-electron chi connectivity index (χ4n) is 6.36. The molecule has 9 heteroatoms. The molecular weight excluding hydrogens is 536 g/mol. The minimum atomic E-state index is -3.96. The first kappa shape index (κ1) is 29.7. The number of rotatable bonds is 7. The zero-order valence-corrected chi connectivity index (χ0v) is 25.4. The van der Waals surface area contributed by atoms with Crippen LogP contribution < -0.4 is 10.6 Å². The summed E-state index contributed by atoms with van der Waals surface area (Å²) in [6, 6.07) is 12.2. The second-order valence-corrected chi connectivity index (χ2v) is 14.7. The molecule has 1 aliphatic carbocycles.